The van der Waals surface area contributed by atoms with Gasteiger partial charge in [0, 0.05) is 16.6 Å². The Morgan fingerprint density at radius 3 is 1.56 bits per heavy atom. The van der Waals surface area contributed by atoms with Gasteiger partial charge in [-0.1, -0.05) is 172 Å². The molecule has 0 saturated heterocycles. The maximum atomic E-state index is 7.41. The molecule has 198 valence electrons. The first-order valence-corrected chi connectivity index (χ1v) is 14.4. The molecule has 0 heterocycles. The second kappa shape index (κ2) is 10.5. The highest BCUT2D eigenvalue weighted by Crippen LogP contribution is 2.76. The molecule has 39 heavy (non-hydrogen) atoms. The van der Waals surface area contributed by atoms with Crippen molar-refractivity contribution in [2.24, 2.45) is 10.8 Å². The Labute approximate surface area is 244 Å². The summed E-state index contributed by atoms with van der Waals surface area (Å²) in [7, 11) is 0. The maximum absolute atomic E-state index is 7.41. The molecular formula is C37H36Cl2. The summed E-state index contributed by atoms with van der Waals surface area (Å²) in [5.41, 5.74) is 9.73. The van der Waals surface area contributed by atoms with Gasteiger partial charge < -0.3 is 0 Å². The van der Waals surface area contributed by atoms with Gasteiger partial charge in [0.25, 0.3) is 0 Å². The molecule has 1 unspecified atom stereocenters. The minimum atomic E-state index is -1.09. The van der Waals surface area contributed by atoms with E-state index in [4.69, 9.17) is 23.2 Å². The van der Waals surface area contributed by atoms with Crippen LogP contribution in [0.3, 0.4) is 0 Å². The van der Waals surface area contributed by atoms with Crippen molar-refractivity contribution in [2.45, 2.75) is 50.3 Å². The van der Waals surface area contributed by atoms with E-state index >= 15 is 0 Å². The fourth-order valence-corrected chi connectivity index (χ4v) is 7.68. The molecule has 0 nitrogen and oxygen atoms in total. The molecule has 1 aliphatic rings. The van der Waals surface area contributed by atoms with Crippen LogP contribution in [0, 0.1) is 10.8 Å². The van der Waals surface area contributed by atoms with Crippen LogP contribution in [0.25, 0.3) is 5.57 Å². The van der Waals surface area contributed by atoms with Gasteiger partial charge in [-0.3, -0.25) is 0 Å². The van der Waals surface area contributed by atoms with Gasteiger partial charge >= 0.3 is 0 Å². The molecule has 1 atom stereocenters. The van der Waals surface area contributed by atoms with Crippen LogP contribution in [0.5, 0.6) is 0 Å². The first kappa shape index (κ1) is 27.5. The highest BCUT2D eigenvalue weighted by molar-refractivity contribution is 6.56. The van der Waals surface area contributed by atoms with E-state index < -0.39 is 9.75 Å². The van der Waals surface area contributed by atoms with Gasteiger partial charge in [-0.2, -0.15) is 0 Å². The number of alkyl halides is 2. The van der Waals surface area contributed by atoms with Crippen molar-refractivity contribution < 1.29 is 0 Å². The van der Waals surface area contributed by atoms with Gasteiger partial charge in [-0.25, -0.2) is 0 Å². The average molecular weight is 552 g/mol. The molecule has 0 spiro atoms. The van der Waals surface area contributed by atoms with E-state index in [1.54, 1.807) is 0 Å². The Balaban J connectivity index is 1.75. The minimum Gasteiger partial charge on any atom is -0.113 e. The number of halogens is 2. The lowest BCUT2D eigenvalue weighted by Gasteiger charge is -2.36. The molecule has 5 rings (SSSR count). The van der Waals surface area contributed by atoms with Crippen molar-refractivity contribution in [1.82, 2.24) is 0 Å². The zero-order valence-electron chi connectivity index (χ0n) is 23.2. The molecule has 4 aromatic rings. The van der Waals surface area contributed by atoms with Gasteiger partial charge in [0.15, 0.2) is 4.33 Å². The number of hydrogen-bond donors (Lipinski definition) is 0. The third kappa shape index (κ3) is 5.03. The highest BCUT2D eigenvalue weighted by Gasteiger charge is 2.78. The number of hydrogen-bond acceptors (Lipinski definition) is 0. The van der Waals surface area contributed by atoms with Crippen LogP contribution in [-0.4, -0.2) is 4.33 Å². The SMILES string of the molecule is CC(C)(Cc1ccccc1)C(=C=C1C(Cl)(Cl)C1(c1ccccc1)C(C)(C)Cc1ccccc1)c1ccccc1. The standard InChI is InChI=1S/C37H36Cl2/c1-34(2,26-28-17-9-5-10-18-28)32(30-21-13-7-14-22-30)25-33-36(37(33,38)39,31-23-15-8-16-24-31)35(3,4)27-29-19-11-6-12-20-29/h5-24H,26-27H2,1-4H3. The minimum absolute atomic E-state index is 0.214. The fourth-order valence-electron chi connectivity index (χ4n) is 6.48. The van der Waals surface area contributed by atoms with Crippen LogP contribution in [0.1, 0.15) is 49.9 Å². The monoisotopic (exact) mass is 550 g/mol. The van der Waals surface area contributed by atoms with Crippen molar-refractivity contribution in [3.05, 3.63) is 155 Å². The first-order valence-electron chi connectivity index (χ1n) is 13.7. The zero-order valence-corrected chi connectivity index (χ0v) is 24.7. The van der Waals surface area contributed by atoms with E-state index in [1.165, 1.54) is 11.1 Å². The van der Waals surface area contributed by atoms with Crippen molar-refractivity contribution in [1.29, 1.82) is 0 Å². The molecule has 1 saturated carbocycles. The molecule has 0 amide bonds. The van der Waals surface area contributed by atoms with Crippen LogP contribution < -0.4 is 0 Å². The van der Waals surface area contributed by atoms with E-state index in [1.807, 2.05) is 6.07 Å². The van der Waals surface area contributed by atoms with E-state index in [0.29, 0.717) is 0 Å². The first-order chi connectivity index (χ1) is 18.6. The number of rotatable bonds is 8. The predicted octanol–water partition coefficient (Wildman–Crippen LogP) is 10.3. The lowest BCUT2D eigenvalue weighted by molar-refractivity contribution is 0.270. The average Bonchev–Trinajstić information content (AvgIpc) is 3.44. The lowest BCUT2D eigenvalue weighted by Crippen LogP contribution is -2.36. The maximum Gasteiger partial charge on any atom is 0.162 e. The van der Waals surface area contributed by atoms with Crippen LogP contribution >= 0.6 is 23.2 Å². The number of benzene rings is 4. The fraction of sp³-hybridized carbons (Fsp3) is 0.270. The van der Waals surface area contributed by atoms with Gasteiger partial charge in [-0.05, 0) is 40.5 Å². The Hall–Kier alpha value is -3.02. The van der Waals surface area contributed by atoms with Crippen LogP contribution in [0.2, 0.25) is 0 Å². The molecule has 1 aliphatic carbocycles. The molecular weight excluding hydrogens is 515 g/mol. The molecule has 0 radical (unpaired) electrons. The normalized spacial score (nSPS) is 18.4. The van der Waals surface area contributed by atoms with Crippen molar-refractivity contribution >= 4 is 28.8 Å². The van der Waals surface area contributed by atoms with E-state index in [0.717, 1.165) is 35.1 Å². The summed E-state index contributed by atoms with van der Waals surface area (Å²) in [5.74, 6) is 0. The van der Waals surface area contributed by atoms with Crippen LogP contribution in [0.15, 0.2) is 133 Å². The largest absolute Gasteiger partial charge is 0.162 e. The lowest BCUT2D eigenvalue weighted by atomic mass is 9.67. The third-order valence-corrected chi connectivity index (χ3v) is 9.23. The van der Waals surface area contributed by atoms with Crippen molar-refractivity contribution in [2.75, 3.05) is 0 Å². The number of allylic oxidation sites excluding steroid dienone is 1. The molecule has 1 fully saturated rings. The van der Waals surface area contributed by atoms with E-state index in [-0.39, 0.29) is 10.8 Å². The molecule has 0 N–H and O–H groups in total. The summed E-state index contributed by atoms with van der Waals surface area (Å²) in [5, 5.41) is 0. The van der Waals surface area contributed by atoms with E-state index in [9.17, 15) is 0 Å². The summed E-state index contributed by atoms with van der Waals surface area (Å²) in [6.07, 6.45) is 1.71. The Morgan fingerprint density at radius 1 is 0.615 bits per heavy atom. The zero-order chi connectivity index (χ0) is 27.7. The molecule has 0 aliphatic heterocycles. The van der Waals surface area contributed by atoms with Crippen molar-refractivity contribution in [3.63, 3.8) is 0 Å². The second-order valence-corrected chi connectivity index (χ2v) is 13.4. The third-order valence-electron chi connectivity index (χ3n) is 8.29. The summed E-state index contributed by atoms with van der Waals surface area (Å²) >= 11 is 14.8. The Kier molecular flexibility index (Phi) is 7.43. The topological polar surface area (TPSA) is 0 Å². The summed E-state index contributed by atoms with van der Waals surface area (Å²) in [6.45, 7) is 9.17. The Morgan fingerprint density at radius 2 is 1.05 bits per heavy atom. The van der Waals surface area contributed by atoms with E-state index in [2.05, 4.69) is 149 Å². The van der Waals surface area contributed by atoms with Gasteiger partial charge in [0.1, 0.15) is 0 Å². The quantitative estimate of drug-likeness (QED) is 0.151. The molecule has 4 aromatic carbocycles. The molecule has 0 bridgehead atoms. The summed E-state index contributed by atoms with van der Waals surface area (Å²) in [4.78, 5) is 0. The summed E-state index contributed by atoms with van der Waals surface area (Å²) < 4.78 is -1.09. The molecule has 0 aromatic heterocycles. The van der Waals surface area contributed by atoms with Gasteiger partial charge in [0.2, 0.25) is 0 Å². The summed E-state index contributed by atoms with van der Waals surface area (Å²) in [6, 6.07) is 42.4. The molecule has 2 heteroatoms. The Bertz CT molecular complexity index is 1480. The van der Waals surface area contributed by atoms with Crippen LogP contribution in [-0.2, 0) is 18.3 Å². The van der Waals surface area contributed by atoms with Gasteiger partial charge in [-0.15, -0.1) is 5.73 Å². The highest BCUT2D eigenvalue weighted by atomic mass is 35.5. The van der Waals surface area contributed by atoms with Crippen molar-refractivity contribution in [3.8, 4) is 0 Å². The second-order valence-electron chi connectivity index (χ2n) is 12.0. The smallest absolute Gasteiger partial charge is 0.113 e. The predicted molar refractivity (Wildman–Crippen MR) is 167 cm³/mol. The van der Waals surface area contributed by atoms with Gasteiger partial charge in [0.05, 0.1) is 5.41 Å². The van der Waals surface area contributed by atoms with Crippen LogP contribution in [0.4, 0.5) is 0 Å².